The molecule has 0 atom stereocenters. The summed E-state index contributed by atoms with van der Waals surface area (Å²) < 4.78 is 66.3. The number of carbonyl (C=O) groups is 1. The number of hydrogen-bond acceptors (Lipinski definition) is 7. The van der Waals surface area contributed by atoms with Crippen LogP contribution in [0.1, 0.15) is 18.9 Å². The highest BCUT2D eigenvalue weighted by molar-refractivity contribution is 7.92. The summed E-state index contributed by atoms with van der Waals surface area (Å²) in [6, 6.07) is 2.28. The molecule has 29 heavy (non-hydrogen) atoms. The van der Waals surface area contributed by atoms with E-state index < -0.39 is 49.8 Å². The monoisotopic (exact) mass is 444 g/mol. The van der Waals surface area contributed by atoms with Gasteiger partial charge in [0.25, 0.3) is 5.91 Å². The zero-order valence-electron chi connectivity index (χ0n) is 14.9. The Balaban J connectivity index is 1.69. The third kappa shape index (κ3) is 3.55. The van der Waals surface area contributed by atoms with Gasteiger partial charge in [-0.05, 0) is 25.0 Å². The summed E-state index contributed by atoms with van der Waals surface area (Å²) >= 11 is 0. The lowest BCUT2D eigenvalue weighted by molar-refractivity contribution is -0.117. The number of benzene rings is 1. The third-order valence-electron chi connectivity index (χ3n) is 4.99. The van der Waals surface area contributed by atoms with Crippen LogP contribution in [0.15, 0.2) is 24.7 Å². The molecule has 2 aliphatic rings. The van der Waals surface area contributed by atoms with Crippen molar-refractivity contribution in [1.82, 2.24) is 14.3 Å². The molecular formula is C16H17FN4O6S2. The SMILES string of the molecule is O=C1CN(c2c(O)ccc(-c3cn(C4CCS(=O)(=O)CC4)cn3)c2F)S(=O)(=O)N1. The van der Waals surface area contributed by atoms with Crippen LogP contribution in [0.25, 0.3) is 11.3 Å². The normalized spacial score (nSPS) is 21.3. The van der Waals surface area contributed by atoms with Gasteiger partial charge < -0.3 is 9.67 Å². The second kappa shape index (κ2) is 6.69. The first kappa shape index (κ1) is 19.6. The Morgan fingerprint density at radius 1 is 1.17 bits per heavy atom. The predicted molar refractivity (Wildman–Crippen MR) is 101 cm³/mol. The smallest absolute Gasteiger partial charge is 0.326 e. The van der Waals surface area contributed by atoms with Gasteiger partial charge in [0.2, 0.25) is 0 Å². The number of anilines is 1. The quantitative estimate of drug-likeness (QED) is 0.695. The maximum atomic E-state index is 15.2. The maximum absolute atomic E-state index is 15.2. The van der Waals surface area contributed by atoms with E-state index in [1.807, 2.05) is 0 Å². The number of halogens is 1. The molecule has 3 heterocycles. The van der Waals surface area contributed by atoms with Crippen LogP contribution in [0.4, 0.5) is 10.1 Å². The minimum absolute atomic E-state index is 0.0606. The molecule has 2 fully saturated rings. The van der Waals surface area contributed by atoms with Crippen LogP contribution in [0.3, 0.4) is 0 Å². The number of amides is 1. The lowest BCUT2D eigenvalue weighted by atomic mass is 10.1. The van der Waals surface area contributed by atoms with E-state index in [-0.39, 0.29) is 28.8 Å². The summed E-state index contributed by atoms with van der Waals surface area (Å²) in [5.74, 6) is -2.39. The number of sulfone groups is 1. The lowest BCUT2D eigenvalue weighted by Crippen LogP contribution is -2.30. The topological polar surface area (TPSA) is 139 Å². The molecular weight excluding hydrogens is 427 g/mol. The molecule has 2 saturated heterocycles. The minimum Gasteiger partial charge on any atom is -0.506 e. The number of phenolic OH excluding ortho intramolecular Hbond substituents is 1. The molecule has 0 bridgehead atoms. The van der Waals surface area contributed by atoms with Crippen LogP contribution in [-0.2, 0) is 24.8 Å². The first-order chi connectivity index (χ1) is 13.6. The second-order valence-corrected chi connectivity index (χ2v) is 10.8. The summed E-state index contributed by atoms with van der Waals surface area (Å²) in [4.78, 5) is 15.6. The first-order valence-corrected chi connectivity index (χ1v) is 11.9. The van der Waals surface area contributed by atoms with Crippen molar-refractivity contribution >= 4 is 31.6 Å². The molecule has 0 unspecified atom stereocenters. The number of nitrogens with zero attached hydrogens (tertiary/aromatic N) is 3. The third-order valence-corrected chi connectivity index (χ3v) is 8.08. The molecule has 2 N–H and O–H groups in total. The summed E-state index contributed by atoms with van der Waals surface area (Å²) in [7, 11) is -7.33. The largest absolute Gasteiger partial charge is 0.506 e. The number of phenols is 1. The Morgan fingerprint density at radius 3 is 2.48 bits per heavy atom. The number of hydrogen-bond donors (Lipinski definition) is 2. The van der Waals surface area contributed by atoms with Gasteiger partial charge in [-0.25, -0.2) is 26.8 Å². The van der Waals surface area contributed by atoms with Gasteiger partial charge >= 0.3 is 10.2 Å². The van der Waals surface area contributed by atoms with Gasteiger partial charge in [-0.15, -0.1) is 0 Å². The van der Waals surface area contributed by atoms with Gasteiger partial charge in [0.1, 0.15) is 27.8 Å². The number of aromatic nitrogens is 2. The van der Waals surface area contributed by atoms with E-state index in [4.69, 9.17) is 0 Å². The van der Waals surface area contributed by atoms with Crippen molar-refractivity contribution in [3.63, 3.8) is 0 Å². The van der Waals surface area contributed by atoms with E-state index in [2.05, 4.69) is 4.98 Å². The molecule has 1 amide bonds. The molecule has 1 aromatic carbocycles. The fraction of sp³-hybridized carbons (Fsp3) is 0.375. The van der Waals surface area contributed by atoms with Gasteiger partial charge in [-0.1, -0.05) is 0 Å². The van der Waals surface area contributed by atoms with Gasteiger partial charge in [-0.2, -0.15) is 8.42 Å². The van der Waals surface area contributed by atoms with Gasteiger partial charge in [0, 0.05) is 17.8 Å². The number of rotatable bonds is 3. The molecule has 0 spiro atoms. The Morgan fingerprint density at radius 2 is 1.86 bits per heavy atom. The summed E-state index contributed by atoms with van der Waals surface area (Å²) in [6.07, 6.45) is 3.84. The Bertz CT molecular complexity index is 1190. The van der Waals surface area contributed by atoms with E-state index in [1.54, 1.807) is 15.5 Å². The van der Waals surface area contributed by atoms with E-state index in [9.17, 15) is 26.7 Å². The van der Waals surface area contributed by atoms with Crippen molar-refractivity contribution in [2.45, 2.75) is 18.9 Å². The Kier molecular flexibility index (Phi) is 4.53. The van der Waals surface area contributed by atoms with Crippen molar-refractivity contribution in [2.75, 3.05) is 22.4 Å². The highest BCUT2D eigenvalue weighted by Gasteiger charge is 2.38. The molecule has 2 aromatic rings. The van der Waals surface area contributed by atoms with E-state index in [0.29, 0.717) is 17.1 Å². The molecule has 0 radical (unpaired) electrons. The predicted octanol–water partition coefficient (Wildman–Crippen LogP) is 0.325. The average molecular weight is 444 g/mol. The van der Waals surface area contributed by atoms with E-state index >= 15 is 4.39 Å². The van der Waals surface area contributed by atoms with Crippen LogP contribution in [-0.4, -0.2) is 55.5 Å². The van der Waals surface area contributed by atoms with Crippen LogP contribution in [0.2, 0.25) is 0 Å². The second-order valence-electron chi connectivity index (χ2n) is 6.92. The highest BCUT2D eigenvalue weighted by Crippen LogP contribution is 2.38. The average Bonchev–Trinajstić information content (AvgIpc) is 3.19. The lowest BCUT2D eigenvalue weighted by Gasteiger charge is -2.22. The molecule has 0 saturated carbocycles. The maximum Gasteiger partial charge on any atom is 0.326 e. The van der Waals surface area contributed by atoms with Crippen molar-refractivity contribution in [3.05, 3.63) is 30.5 Å². The molecule has 0 aliphatic carbocycles. The van der Waals surface area contributed by atoms with Crippen molar-refractivity contribution in [3.8, 4) is 17.0 Å². The van der Waals surface area contributed by atoms with E-state index in [1.165, 1.54) is 12.4 Å². The van der Waals surface area contributed by atoms with Crippen molar-refractivity contribution in [1.29, 1.82) is 0 Å². The van der Waals surface area contributed by atoms with Gasteiger partial charge in [0.15, 0.2) is 5.82 Å². The Hall–Kier alpha value is -2.67. The number of aromatic hydroxyl groups is 1. The molecule has 2 aliphatic heterocycles. The first-order valence-electron chi connectivity index (χ1n) is 8.66. The number of nitrogens with one attached hydrogen (secondary N) is 1. The van der Waals surface area contributed by atoms with Crippen LogP contribution < -0.4 is 9.03 Å². The summed E-state index contributed by atoms with van der Waals surface area (Å²) in [5.41, 5.74) is -0.512. The van der Waals surface area contributed by atoms with Crippen molar-refractivity contribution in [2.24, 2.45) is 0 Å². The summed E-state index contributed by atoms with van der Waals surface area (Å²) in [5, 5.41) is 10.0. The van der Waals surface area contributed by atoms with Gasteiger partial charge in [-0.3, -0.25) is 4.79 Å². The standard InChI is InChI=1S/C16H17FN4O6S2/c17-15-11(1-2-13(22)16(15)21-8-14(23)19-29(21,26)27)12-7-20(9-18-12)10-3-5-28(24,25)6-4-10/h1-2,7,9-10,22H,3-6,8H2,(H,19,23). The van der Waals surface area contributed by atoms with Crippen LogP contribution in [0.5, 0.6) is 5.75 Å². The zero-order chi connectivity index (χ0) is 21.0. The molecule has 10 nitrogen and oxygen atoms in total. The zero-order valence-corrected chi connectivity index (χ0v) is 16.6. The minimum atomic E-state index is -4.30. The van der Waals surface area contributed by atoms with Crippen LogP contribution >= 0.6 is 0 Å². The molecule has 13 heteroatoms. The van der Waals surface area contributed by atoms with E-state index in [0.717, 1.165) is 6.07 Å². The fourth-order valence-electron chi connectivity index (χ4n) is 3.49. The number of imidazole rings is 1. The molecule has 1 aromatic heterocycles. The molecule has 4 rings (SSSR count). The molecule has 156 valence electrons. The van der Waals surface area contributed by atoms with Crippen LogP contribution in [0, 0.1) is 5.82 Å². The number of carbonyl (C=O) groups excluding carboxylic acids is 1. The van der Waals surface area contributed by atoms with Gasteiger partial charge in [0.05, 0.1) is 23.5 Å². The highest BCUT2D eigenvalue weighted by atomic mass is 32.2. The summed E-state index contributed by atoms with van der Waals surface area (Å²) in [6.45, 7) is -0.652. The van der Waals surface area contributed by atoms with Crippen molar-refractivity contribution < 1.29 is 31.1 Å². The fourth-order valence-corrected chi connectivity index (χ4v) is 6.12. The Labute approximate surface area is 166 Å².